The van der Waals surface area contributed by atoms with E-state index in [1.807, 2.05) is 11.8 Å². The molecule has 3 rings (SSSR count). The number of benzene rings is 2. The van der Waals surface area contributed by atoms with Crippen LogP contribution in [-0.4, -0.2) is 0 Å². The van der Waals surface area contributed by atoms with E-state index in [9.17, 15) is 0 Å². The molecule has 1 heterocycles. The van der Waals surface area contributed by atoms with Crippen molar-refractivity contribution in [2.24, 2.45) is 0 Å². The fourth-order valence-electron chi connectivity index (χ4n) is 2.03. The Morgan fingerprint density at radius 3 is 2.69 bits per heavy atom. The first kappa shape index (κ1) is 7.45. The quantitative estimate of drug-likeness (QED) is 0.599. The number of rotatable bonds is 0. The lowest BCUT2D eigenvalue weighted by Crippen LogP contribution is -1.80. The van der Waals surface area contributed by atoms with E-state index < -0.39 is 0 Å². The zero-order valence-electron chi connectivity index (χ0n) is 7.45. The van der Waals surface area contributed by atoms with E-state index in [1.165, 1.54) is 21.2 Å². The summed E-state index contributed by atoms with van der Waals surface area (Å²) in [4.78, 5) is 1.45. The first-order valence-corrected chi connectivity index (χ1v) is 5.42. The maximum absolute atomic E-state index is 2.28. The van der Waals surface area contributed by atoms with Crippen LogP contribution >= 0.6 is 11.8 Å². The SMILES string of the molecule is CC1Sc2cccc3cccc1c23. The van der Waals surface area contributed by atoms with Gasteiger partial charge in [-0.2, -0.15) is 0 Å². The van der Waals surface area contributed by atoms with Crippen LogP contribution in [0.3, 0.4) is 0 Å². The van der Waals surface area contributed by atoms with E-state index in [1.54, 1.807) is 0 Å². The third-order valence-corrected chi connectivity index (χ3v) is 3.84. The Balaban J connectivity index is 2.51. The molecular formula is C12H10S. The van der Waals surface area contributed by atoms with Gasteiger partial charge in [-0.1, -0.05) is 30.3 Å². The molecule has 0 N–H and O–H groups in total. The van der Waals surface area contributed by atoms with Crippen molar-refractivity contribution in [1.29, 1.82) is 0 Å². The molecule has 1 heteroatoms. The van der Waals surface area contributed by atoms with Crippen LogP contribution in [0, 0.1) is 0 Å². The molecule has 13 heavy (non-hydrogen) atoms. The first-order chi connectivity index (χ1) is 6.36. The summed E-state index contributed by atoms with van der Waals surface area (Å²) in [7, 11) is 0. The summed E-state index contributed by atoms with van der Waals surface area (Å²) in [5, 5.41) is 3.48. The Morgan fingerprint density at radius 1 is 1.08 bits per heavy atom. The smallest absolute Gasteiger partial charge is 0.0323 e. The maximum Gasteiger partial charge on any atom is 0.0323 e. The molecule has 0 fully saturated rings. The van der Waals surface area contributed by atoms with Crippen molar-refractivity contribution in [3.05, 3.63) is 42.0 Å². The van der Waals surface area contributed by atoms with Gasteiger partial charge in [0.2, 0.25) is 0 Å². The summed E-state index contributed by atoms with van der Waals surface area (Å²) in [6.07, 6.45) is 0. The third kappa shape index (κ3) is 0.939. The zero-order chi connectivity index (χ0) is 8.84. The van der Waals surface area contributed by atoms with Gasteiger partial charge < -0.3 is 0 Å². The summed E-state index contributed by atoms with van der Waals surface area (Å²) >= 11 is 1.97. The number of thioether (sulfide) groups is 1. The van der Waals surface area contributed by atoms with Crippen LogP contribution in [0.25, 0.3) is 10.8 Å². The molecule has 0 saturated heterocycles. The van der Waals surface area contributed by atoms with Gasteiger partial charge in [0.25, 0.3) is 0 Å². The maximum atomic E-state index is 2.28. The molecule has 1 atom stereocenters. The summed E-state index contributed by atoms with van der Waals surface area (Å²) in [5.74, 6) is 0. The van der Waals surface area contributed by atoms with Gasteiger partial charge in [-0.15, -0.1) is 11.8 Å². The van der Waals surface area contributed by atoms with Gasteiger partial charge in [0.1, 0.15) is 0 Å². The average Bonchev–Trinajstić information content (AvgIpc) is 2.47. The van der Waals surface area contributed by atoms with Crippen LogP contribution in [0.5, 0.6) is 0 Å². The van der Waals surface area contributed by atoms with Gasteiger partial charge in [-0.05, 0) is 29.3 Å². The Hall–Kier alpha value is -0.950. The minimum Gasteiger partial charge on any atom is -0.118 e. The number of hydrogen-bond acceptors (Lipinski definition) is 1. The third-order valence-electron chi connectivity index (χ3n) is 2.64. The van der Waals surface area contributed by atoms with Gasteiger partial charge >= 0.3 is 0 Å². The topological polar surface area (TPSA) is 0 Å². The van der Waals surface area contributed by atoms with Gasteiger partial charge in [-0.25, -0.2) is 0 Å². The van der Waals surface area contributed by atoms with Crippen LogP contribution in [0.2, 0.25) is 0 Å². The van der Waals surface area contributed by atoms with E-state index in [2.05, 4.69) is 43.3 Å². The fourth-order valence-corrected chi connectivity index (χ4v) is 3.24. The van der Waals surface area contributed by atoms with E-state index >= 15 is 0 Å². The van der Waals surface area contributed by atoms with Crippen LogP contribution in [0.4, 0.5) is 0 Å². The normalized spacial score (nSPS) is 19.6. The highest BCUT2D eigenvalue weighted by atomic mass is 32.2. The lowest BCUT2D eigenvalue weighted by Gasteiger charge is -2.01. The van der Waals surface area contributed by atoms with Crippen molar-refractivity contribution in [2.45, 2.75) is 17.1 Å². The molecule has 0 nitrogen and oxygen atoms in total. The van der Waals surface area contributed by atoms with Crippen molar-refractivity contribution in [1.82, 2.24) is 0 Å². The molecular weight excluding hydrogens is 176 g/mol. The fraction of sp³-hybridized carbons (Fsp3) is 0.167. The zero-order valence-corrected chi connectivity index (χ0v) is 8.27. The highest BCUT2D eigenvalue weighted by Crippen LogP contribution is 2.48. The number of hydrogen-bond donors (Lipinski definition) is 0. The minimum absolute atomic E-state index is 0.626. The van der Waals surface area contributed by atoms with Crippen molar-refractivity contribution < 1.29 is 0 Å². The molecule has 2 aromatic rings. The van der Waals surface area contributed by atoms with E-state index in [-0.39, 0.29) is 0 Å². The Morgan fingerprint density at radius 2 is 1.85 bits per heavy atom. The van der Waals surface area contributed by atoms with Gasteiger partial charge in [0.05, 0.1) is 0 Å². The molecule has 0 aliphatic carbocycles. The summed E-state index contributed by atoms with van der Waals surface area (Å²) in [5.41, 5.74) is 1.50. The average molecular weight is 186 g/mol. The Kier molecular flexibility index (Phi) is 1.44. The van der Waals surface area contributed by atoms with Crippen molar-refractivity contribution in [3.63, 3.8) is 0 Å². The van der Waals surface area contributed by atoms with Gasteiger partial charge in [0, 0.05) is 10.1 Å². The second kappa shape index (κ2) is 2.52. The van der Waals surface area contributed by atoms with Gasteiger partial charge in [-0.3, -0.25) is 0 Å². The highest BCUT2D eigenvalue weighted by molar-refractivity contribution is 8.00. The van der Waals surface area contributed by atoms with Crippen molar-refractivity contribution in [2.75, 3.05) is 0 Å². The van der Waals surface area contributed by atoms with E-state index in [0.29, 0.717) is 5.25 Å². The molecule has 2 aromatic carbocycles. The molecule has 1 unspecified atom stereocenters. The first-order valence-electron chi connectivity index (χ1n) is 4.54. The van der Waals surface area contributed by atoms with Crippen molar-refractivity contribution in [3.8, 4) is 0 Å². The predicted octanol–water partition coefficient (Wildman–Crippen LogP) is 4.01. The summed E-state index contributed by atoms with van der Waals surface area (Å²) < 4.78 is 0. The summed E-state index contributed by atoms with van der Waals surface area (Å²) in [6.45, 7) is 2.28. The monoisotopic (exact) mass is 186 g/mol. The molecule has 0 amide bonds. The standard InChI is InChI=1S/C12H10S/c1-8-10-6-2-4-9-5-3-7-11(13-8)12(9)10/h2-8H,1H3. The Labute approximate surface area is 82.0 Å². The second-order valence-corrected chi connectivity index (χ2v) is 4.84. The Bertz CT molecular complexity index is 468. The predicted molar refractivity (Wildman–Crippen MR) is 58.2 cm³/mol. The highest BCUT2D eigenvalue weighted by Gasteiger charge is 2.20. The van der Waals surface area contributed by atoms with Crippen molar-refractivity contribution >= 4 is 22.5 Å². The lowest BCUT2D eigenvalue weighted by atomic mass is 10.0. The molecule has 0 spiro atoms. The summed E-state index contributed by atoms with van der Waals surface area (Å²) in [6, 6.07) is 13.2. The minimum atomic E-state index is 0.626. The molecule has 0 aromatic heterocycles. The molecule has 1 aliphatic rings. The largest absolute Gasteiger partial charge is 0.118 e. The molecule has 0 bridgehead atoms. The molecule has 64 valence electrons. The lowest BCUT2D eigenvalue weighted by molar-refractivity contribution is 1.13. The van der Waals surface area contributed by atoms with E-state index in [4.69, 9.17) is 0 Å². The van der Waals surface area contributed by atoms with Crippen LogP contribution in [-0.2, 0) is 0 Å². The second-order valence-electron chi connectivity index (χ2n) is 3.46. The van der Waals surface area contributed by atoms with Crippen LogP contribution < -0.4 is 0 Å². The van der Waals surface area contributed by atoms with E-state index in [0.717, 1.165) is 0 Å². The molecule has 0 saturated carbocycles. The van der Waals surface area contributed by atoms with Crippen LogP contribution in [0.1, 0.15) is 17.7 Å². The molecule has 1 aliphatic heterocycles. The van der Waals surface area contributed by atoms with Crippen LogP contribution in [0.15, 0.2) is 41.3 Å². The van der Waals surface area contributed by atoms with Gasteiger partial charge in [0.15, 0.2) is 0 Å². The molecule has 0 radical (unpaired) electrons.